The zero-order valence-electron chi connectivity index (χ0n) is 16.3. The van der Waals surface area contributed by atoms with Crippen LogP contribution in [-0.4, -0.2) is 29.4 Å². The van der Waals surface area contributed by atoms with Gasteiger partial charge < -0.3 is 14.8 Å². The Kier molecular flexibility index (Phi) is 8.96. The summed E-state index contributed by atoms with van der Waals surface area (Å²) in [5, 5.41) is 3.58. The Hall–Kier alpha value is -0.900. The second-order valence-electron chi connectivity index (χ2n) is 8.14. The van der Waals surface area contributed by atoms with Gasteiger partial charge in [-0.25, -0.2) is 0 Å². The smallest absolute Gasteiger partial charge is 0.306 e. The van der Waals surface area contributed by atoms with E-state index >= 15 is 0 Å². The van der Waals surface area contributed by atoms with E-state index in [0.717, 1.165) is 44.9 Å². The Morgan fingerprint density at radius 3 is 2.12 bits per heavy atom. The van der Waals surface area contributed by atoms with E-state index in [0.29, 0.717) is 24.8 Å². The van der Waals surface area contributed by atoms with E-state index in [2.05, 4.69) is 33.0 Å². The van der Waals surface area contributed by atoms with Crippen molar-refractivity contribution in [3.8, 4) is 0 Å². The van der Waals surface area contributed by atoms with Crippen LogP contribution in [0.5, 0.6) is 0 Å². The Bertz CT molecular complexity index is 406. The van der Waals surface area contributed by atoms with Crippen molar-refractivity contribution in [2.24, 2.45) is 5.92 Å². The SMILES string of the molecule is CC(=O)CCCCCCCCC(=O)OC1CC(C)NC(C)(C)[C@@H]1C. The minimum atomic E-state index is -0.0478. The highest BCUT2D eigenvalue weighted by Crippen LogP contribution is 2.30. The van der Waals surface area contributed by atoms with Crippen molar-refractivity contribution in [1.82, 2.24) is 5.32 Å². The monoisotopic (exact) mass is 339 g/mol. The predicted octanol–water partition coefficient (Wildman–Crippen LogP) is 4.40. The molecule has 0 radical (unpaired) electrons. The number of ketones is 1. The van der Waals surface area contributed by atoms with Crippen LogP contribution in [-0.2, 0) is 14.3 Å². The fourth-order valence-corrected chi connectivity index (χ4v) is 3.57. The number of rotatable bonds is 10. The van der Waals surface area contributed by atoms with Crippen LogP contribution in [0.4, 0.5) is 0 Å². The van der Waals surface area contributed by atoms with Gasteiger partial charge in [0.25, 0.3) is 0 Å². The summed E-state index contributed by atoms with van der Waals surface area (Å²) in [5.41, 5.74) is 0.00247. The molecule has 24 heavy (non-hydrogen) atoms. The van der Waals surface area contributed by atoms with Crippen molar-refractivity contribution in [3.05, 3.63) is 0 Å². The minimum Gasteiger partial charge on any atom is -0.462 e. The van der Waals surface area contributed by atoms with Gasteiger partial charge in [-0.15, -0.1) is 0 Å². The number of Topliss-reactive ketones (excluding diaryl/α,β-unsaturated/α-hetero) is 1. The average molecular weight is 340 g/mol. The summed E-state index contributed by atoms with van der Waals surface area (Å²) in [5.74, 6) is 0.551. The summed E-state index contributed by atoms with van der Waals surface area (Å²) in [6.45, 7) is 10.3. The van der Waals surface area contributed by atoms with Gasteiger partial charge in [0.05, 0.1) is 0 Å². The van der Waals surface area contributed by atoms with E-state index in [1.807, 2.05) is 0 Å². The highest BCUT2D eigenvalue weighted by molar-refractivity contribution is 5.75. The van der Waals surface area contributed by atoms with Gasteiger partial charge in [-0.2, -0.15) is 0 Å². The topological polar surface area (TPSA) is 55.4 Å². The second-order valence-corrected chi connectivity index (χ2v) is 8.14. The summed E-state index contributed by atoms with van der Waals surface area (Å²) in [6, 6.07) is 0.379. The molecule has 4 nitrogen and oxygen atoms in total. The first-order chi connectivity index (χ1) is 11.2. The molecule has 0 aromatic carbocycles. The summed E-state index contributed by atoms with van der Waals surface area (Å²) >= 11 is 0. The molecule has 1 aliphatic rings. The van der Waals surface area contributed by atoms with Crippen LogP contribution >= 0.6 is 0 Å². The van der Waals surface area contributed by atoms with Crippen molar-refractivity contribution in [2.75, 3.05) is 0 Å². The minimum absolute atomic E-state index is 0.00247. The zero-order chi connectivity index (χ0) is 18.2. The molecule has 1 N–H and O–H groups in total. The number of carbonyl (C=O) groups is 2. The molecule has 4 heteroatoms. The third kappa shape index (κ3) is 7.78. The van der Waals surface area contributed by atoms with Gasteiger partial charge in [0.2, 0.25) is 0 Å². The third-order valence-corrected chi connectivity index (χ3v) is 5.34. The first-order valence-corrected chi connectivity index (χ1v) is 9.69. The molecule has 3 atom stereocenters. The lowest BCUT2D eigenvalue weighted by molar-refractivity contribution is -0.156. The summed E-state index contributed by atoms with van der Waals surface area (Å²) < 4.78 is 5.76. The highest BCUT2D eigenvalue weighted by atomic mass is 16.5. The van der Waals surface area contributed by atoms with Gasteiger partial charge in [-0.1, -0.05) is 32.6 Å². The molecular formula is C20H37NO3. The van der Waals surface area contributed by atoms with E-state index in [1.54, 1.807) is 6.92 Å². The number of hydrogen-bond donors (Lipinski definition) is 1. The lowest BCUT2D eigenvalue weighted by atomic mass is 9.78. The van der Waals surface area contributed by atoms with Crippen LogP contribution in [0.25, 0.3) is 0 Å². The molecular weight excluding hydrogens is 302 g/mol. The zero-order valence-corrected chi connectivity index (χ0v) is 16.3. The molecule has 0 spiro atoms. The molecule has 140 valence electrons. The maximum Gasteiger partial charge on any atom is 0.306 e. The average Bonchev–Trinajstić information content (AvgIpc) is 2.46. The largest absolute Gasteiger partial charge is 0.462 e. The molecule has 2 unspecified atom stereocenters. The number of esters is 1. The lowest BCUT2D eigenvalue weighted by Gasteiger charge is -2.45. The Morgan fingerprint density at radius 2 is 1.54 bits per heavy atom. The predicted molar refractivity (Wildman–Crippen MR) is 98.0 cm³/mol. The Morgan fingerprint density at radius 1 is 1.00 bits per heavy atom. The maximum atomic E-state index is 12.1. The molecule has 0 aromatic rings. The molecule has 0 aromatic heterocycles. The quantitative estimate of drug-likeness (QED) is 0.473. The van der Waals surface area contributed by atoms with Crippen molar-refractivity contribution < 1.29 is 14.3 Å². The summed E-state index contributed by atoms with van der Waals surface area (Å²) in [7, 11) is 0. The van der Waals surface area contributed by atoms with E-state index in [1.165, 1.54) is 0 Å². The third-order valence-electron chi connectivity index (χ3n) is 5.34. The van der Waals surface area contributed by atoms with Gasteiger partial charge in [0, 0.05) is 30.3 Å². The fraction of sp³-hybridized carbons (Fsp3) is 0.900. The van der Waals surface area contributed by atoms with Gasteiger partial charge in [-0.3, -0.25) is 4.79 Å². The fourth-order valence-electron chi connectivity index (χ4n) is 3.57. The number of nitrogens with one attached hydrogen (secondary N) is 1. The first kappa shape index (κ1) is 21.1. The van der Waals surface area contributed by atoms with Crippen molar-refractivity contribution in [1.29, 1.82) is 0 Å². The standard InChI is InChI=1S/C20H37NO3/c1-15-14-18(17(3)20(4,5)21-15)24-19(23)13-11-9-7-6-8-10-12-16(2)22/h15,17-18,21H,6-14H2,1-5H3/t15?,17-,18?/m1/s1. The van der Waals surface area contributed by atoms with Gasteiger partial charge in [-0.05, 0) is 47.0 Å². The van der Waals surface area contributed by atoms with E-state index < -0.39 is 0 Å². The van der Waals surface area contributed by atoms with Crippen molar-refractivity contribution in [2.45, 2.75) is 110 Å². The molecule has 1 heterocycles. The van der Waals surface area contributed by atoms with E-state index in [4.69, 9.17) is 4.74 Å². The van der Waals surface area contributed by atoms with Crippen LogP contribution in [0, 0.1) is 5.92 Å². The van der Waals surface area contributed by atoms with Crippen molar-refractivity contribution in [3.63, 3.8) is 0 Å². The number of piperidine rings is 1. The Balaban J connectivity index is 2.14. The lowest BCUT2D eigenvalue weighted by Crippen LogP contribution is -2.59. The Labute approximate surface area is 148 Å². The van der Waals surface area contributed by atoms with Crippen LogP contribution in [0.15, 0.2) is 0 Å². The molecule has 1 aliphatic heterocycles. The van der Waals surface area contributed by atoms with E-state index in [-0.39, 0.29) is 23.4 Å². The molecule has 1 saturated heterocycles. The van der Waals surface area contributed by atoms with E-state index in [9.17, 15) is 9.59 Å². The van der Waals surface area contributed by atoms with Gasteiger partial charge >= 0.3 is 5.97 Å². The van der Waals surface area contributed by atoms with Crippen molar-refractivity contribution >= 4 is 11.8 Å². The molecule has 0 bridgehead atoms. The molecule has 0 aliphatic carbocycles. The van der Waals surface area contributed by atoms with Crippen LogP contribution < -0.4 is 5.32 Å². The van der Waals surface area contributed by atoms with Crippen LogP contribution in [0.3, 0.4) is 0 Å². The number of carbonyl (C=O) groups excluding carboxylic acids is 2. The summed E-state index contributed by atoms with van der Waals surface area (Å²) in [6.07, 6.45) is 8.53. The summed E-state index contributed by atoms with van der Waals surface area (Å²) in [4.78, 5) is 23.0. The number of hydrogen-bond acceptors (Lipinski definition) is 4. The van der Waals surface area contributed by atoms with Gasteiger partial charge in [0.1, 0.15) is 11.9 Å². The molecule has 0 amide bonds. The maximum absolute atomic E-state index is 12.1. The number of ether oxygens (including phenoxy) is 1. The molecule has 0 saturated carbocycles. The normalized spacial score (nSPS) is 26.1. The molecule has 1 rings (SSSR count). The van der Waals surface area contributed by atoms with Crippen LogP contribution in [0.2, 0.25) is 0 Å². The van der Waals surface area contributed by atoms with Crippen LogP contribution in [0.1, 0.15) is 92.4 Å². The first-order valence-electron chi connectivity index (χ1n) is 9.69. The van der Waals surface area contributed by atoms with Gasteiger partial charge in [0.15, 0.2) is 0 Å². The molecule has 1 fully saturated rings. The highest BCUT2D eigenvalue weighted by Gasteiger charge is 2.40. The second kappa shape index (κ2) is 10.2. The number of unbranched alkanes of at least 4 members (excludes halogenated alkanes) is 5.